The fraction of sp³-hybridized carbons (Fsp3) is 0.929. The van der Waals surface area contributed by atoms with E-state index in [4.69, 9.17) is 0 Å². The number of nitrogens with one attached hydrogen (secondary N) is 2. The normalized spacial score (nSPS) is 33.6. The molecule has 0 radical (unpaired) electrons. The molecular weight excluding hydrogens is 212 g/mol. The van der Waals surface area contributed by atoms with Crippen molar-refractivity contribution < 1.29 is 4.79 Å². The summed E-state index contributed by atoms with van der Waals surface area (Å²) in [6.07, 6.45) is 9.79. The zero-order chi connectivity index (χ0) is 12.1. The Morgan fingerprint density at radius 1 is 1.24 bits per heavy atom. The molecule has 17 heavy (non-hydrogen) atoms. The van der Waals surface area contributed by atoms with Gasteiger partial charge in [-0.3, -0.25) is 4.79 Å². The summed E-state index contributed by atoms with van der Waals surface area (Å²) in [6.45, 7) is 3.26. The molecule has 1 aliphatic heterocycles. The topological polar surface area (TPSA) is 41.1 Å². The van der Waals surface area contributed by atoms with Gasteiger partial charge in [0.2, 0.25) is 5.91 Å². The summed E-state index contributed by atoms with van der Waals surface area (Å²) in [5, 5.41) is 6.48. The highest BCUT2D eigenvalue weighted by atomic mass is 16.2. The molecule has 0 bridgehead atoms. The van der Waals surface area contributed by atoms with E-state index in [-0.39, 0.29) is 11.9 Å². The first kappa shape index (κ1) is 12.9. The molecule has 98 valence electrons. The number of rotatable bonds is 4. The Bertz CT molecular complexity index is 241. The number of amides is 1. The van der Waals surface area contributed by atoms with Crippen molar-refractivity contribution in [3.8, 4) is 0 Å². The molecule has 2 fully saturated rings. The highest BCUT2D eigenvalue weighted by molar-refractivity contribution is 5.82. The third-order valence-corrected chi connectivity index (χ3v) is 4.27. The summed E-state index contributed by atoms with van der Waals surface area (Å²) in [6, 6.07) is 0.529. The van der Waals surface area contributed by atoms with Crippen LogP contribution in [0.5, 0.6) is 0 Å². The quantitative estimate of drug-likeness (QED) is 0.788. The molecule has 1 heterocycles. The summed E-state index contributed by atoms with van der Waals surface area (Å²) in [4.78, 5) is 11.9. The average Bonchev–Trinajstić information content (AvgIpc) is 2.86. The van der Waals surface area contributed by atoms with Crippen molar-refractivity contribution in [3.63, 3.8) is 0 Å². The first-order chi connectivity index (χ1) is 8.29. The maximum Gasteiger partial charge on any atom is 0.237 e. The molecule has 1 amide bonds. The van der Waals surface area contributed by atoms with Crippen LogP contribution in [-0.2, 0) is 4.79 Å². The lowest BCUT2D eigenvalue weighted by Gasteiger charge is -2.29. The predicted octanol–water partition coefficient (Wildman–Crippen LogP) is 2.21. The van der Waals surface area contributed by atoms with Gasteiger partial charge in [-0.05, 0) is 51.0 Å². The molecule has 0 aromatic rings. The minimum atomic E-state index is 0.0864. The van der Waals surface area contributed by atoms with Crippen molar-refractivity contribution in [3.05, 3.63) is 0 Å². The second-order valence-corrected chi connectivity index (χ2v) is 5.66. The molecule has 3 heteroatoms. The third-order valence-electron chi connectivity index (χ3n) is 4.27. The SMILES string of the molecule is CCCC1CCC(NC(=O)C2CCCN2)CC1. The van der Waals surface area contributed by atoms with E-state index in [2.05, 4.69) is 17.6 Å². The standard InChI is InChI=1S/C14H26N2O/c1-2-4-11-6-8-12(9-7-11)16-14(17)13-5-3-10-15-13/h11-13,15H,2-10H2,1H3,(H,16,17). The average molecular weight is 238 g/mol. The maximum absolute atomic E-state index is 11.9. The maximum atomic E-state index is 11.9. The van der Waals surface area contributed by atoms with Crippen LogP contribution < -0.4 is 10.6 Å². The van der Waals surface area contributed by atoms with Crippen molar-refractivity contribution in [2.24, 2.45) is 5.92 Å². The number of carbonyl (C=O) groups excluding carboxylic acids is 1. The van der Waals surface area contributed by atoms with Gasteiger partial charge in [0.15, 0.2) is 0 Å². The van der Waals surface area contributed by atoms with E-state index in [9.17, 15) is 4.79 Å². The largest absolute Gasteiger partial charge is 0.352 e. The van der Waals surface area contributed by atoms with Crippen LogP contribution in [0.2, 0.25) is 0 Å². The molecule has 0 aromatic heterocycles. The van der Waals surface area contributed by atoms with E-state index in [1.165, 1.54) is 38.5 Å². The summed E-state index contributed by atoms with van der Waals surface area (Å²) in [7, 11) is 0. The van der Waals surface area contributed by atoms with Crippen LogP contribution in [0.3, 0.4) is 0 Å². The lowest BCUT2D eigenvalue weighted by Crippen LogP contribution is -2.46. The molecule has 1 aliphatic carbocycles. The summed E-state index contributed by atoms with van der Waals surface area (Å²) in [5.41, 5.74) is 0. The molecule has 1 saturated carbocycles. The Morgan fingerprint density at radius 3 is 2.59 bits per heavy atom. The van der Waals surface area contributed by atoms with Gasteiger partial charge in [-0.1, -0.05) is 19.8 Å². The third kappa shape index (κ3) is 3.70. The molecule has 2 aliphatic rings. The van der Waals surface area contributed by atoms with Crippen LogP contribution in [0.15, 0.2) is 0 Å². The summed E-state index contributed by atoms with van der Waals surface area (Å²) in [5.74, 6) is 1.15. The van der Waals surface area contributed by atoms with Crippen LogP contribution >= 0.6 is 0 Å². The van der Waals surface area contributed by atoms with Crippen LogP contribution in [-0.4, -0.2) is 24.5 Å². The monoisotopic (exact) mass is 238 g/mol. The van der Waals surface area contributed by atoms with E-state index < -0.39 is 0 Å². The first-order valence-corrected chi connectivity index (χ1v) is 7.33. The van der Waals surface area contributed by atoms with Crippen molar-refractivity contribution in [1.82, 2.24) is 10.6 Å². The number of hydrogen-bond donors (Lipinski definition) is 2. The zero-order valence-electron chi connectivity index (χ0n) is 11.0. The van der Waals surface area contributed by atoms with Gasteiger partial charge in [0.1, 0.15) is 0 Å². The minimum Gasteiger partial charge on any atom is -0.352 e. The van der Waals surface area contributed by atoms with Gasteiger partial charge >= 0.3 is 0 Å². The molecule has 3 nitrogen and oxygen atoms in total. The highest BCUT2D eigenvalue weighted by Crippen LogP contribution is 2.27. The van der Waals surface area contributed by atoms with Gasteiger partial charge < -0.3 is 10.6 Å². The van der Waals surface area contributed by atoms with Crippen LogP contribution in [0, 0.1) is 5.92 Å². The number of hydrogen-bond acceptors (Lipinski definition) is 2. The minimum absolute atomic E-state index is 0.0864. The molecule has 0 spiro atoms. The molecule has 1 unspecified atom stereocenters. The van der Waals surface area contributed by atoms with Gasteiger partial charge in [-0.25, -0.2) is 0 Å². The Hall–Kier alpha value is -0.570. The molecule has 1 saturated heterocycles. The fourth-order valence-corrected chi connectivity index (χ4v) is 3.21. The van der Waals surface area contributed by atoms with Crippen LogP contribution in [0.25, 0.3) is 0 Å². The van der Waals surface area contributed by atoms with E-state index in [0.717, 1.165) is 25.3 Å². The van der Waals surface area contributed by atoms with Gasteiger partial charge in [-0.15, -0.1) is 0 Å². The summed E-state index contributed by atoms with van der Waals surface area (Å²) < 4.78 is 0. The van der Waals surface area contributed by atoms with E-state index >= 15 is 0 Å². The smallest absolute Gasteiger partial charge is 0.237 e. The fourth-order valence-electron chi connectivity index (χ4n) is 3.21. The van der Waals surface area contributed by atoms with Crippen molar-refractivity contribution in [1.29, 1.82) is 0 Å². The lowest BCUT2D eigenvalue weighted by atomic mass is 9.83. The molecule has 2 N–H and O–H groups in total. The first-order valence-electron chi connectivity index (χ1n) is 7.33. The Balaban J connectivity index is 1.68. The van der Waals surface area contributed by atoms with E-state index in [0.29, 0.717) is 6.04 Å². The molecule has 1 atom stereocenters. The van der Waals surface area contributed by atoms with E-state index in [1.807, 2.05) is 0 Å². The van der Waals surface area contributed by atoms with Crippen molar-refractivity contribution in [2.75, 3.05) is 6.54 Å². The molecule has 2 rings (SSSR count). The number of carbonyl (C=O) groups is 1. The highest BCUT2D eigenvalue weighted by Gasteiger charge is 2.26. The Morgan fingerprint density at radius 2 is 2.00 bits per heavy atom. The second-order valence-electron chi connectivity index (χ2n) is 5.66. The van der Waals surface area contributed by atoms with Crippen LogP contribution in [0.4, 0.5) is 0 Å². The second kappa shape index (κ2) is 6.39. The molecular formula is C14H26N2O. The van der Waals surface area contributed by atoms with Gasteiger partial charge in [0, 0.05) is 6.04 Å². The van der Waals surface area contributed by atoms with Crippen molar-refractivity contribution >= 4 is 5.91 Å². The van der Waals surface area contributed by atoms with Gasteiger partial charge in [0.05, 0.1) is 6.04 Å². The van der Waals surface area contributed by atoms with Crippen LogP contribution in [0.1, 0.15) is 58.3 Å². The van der Waals surface area contributed by atoms with E-state index in [1.54, 1.807) is 0 Å². The Kier molecular flexibility index (Phi) is 4.84. The summed E-state index contributed by atoms with van der Waals surface area (Å²) >= 11 is 0. The van der Waals surface area contributed by atoms with Gasteiger partial charge in [-0.2, -0.15) is 0 Å². The lowest BCUT2D eigenvalue weighted by molar-refractivity contribution is -0.123. The molecule has 0 aromatic carbocycles. The predicted molar refractivity (Wildman–Crippen MR) is 69.8 cm³/mol. The van der Waals surface area contributed by atoms with Gasteiger partial charge in [0.25, 0.3) is 0 Å². The zero-order valence-corrected chi connectivity index (χ0v) is 11.0. The Labute approximate surface area is 105 Å². The van der Waals surface area contributed by atoms with Crippen molar-refractivity contribution in [2.45, 2.75) is 70.4 Å².